The second-order valence-corrected chi connectivity index (χ2v) is 4.00. The first-order chi connectivity index (χ1) is 7.20. The van der Waals surface area contributed by atoms with Gasteiger partial charge < -0.3 is 10.4 Å². The third-order valence-corrected chi connectivity index (χ3v) is 2.95. The van der Waals surface area contributed by atoms with E-state index in [-0.39, 0.29) is 5.92 Å². The molecule has 15 heavy (non-hydrogen) atoms. The molecule has 1 aliphatic heterocycles. The first-order valence-corrected chi connectivity index (χ1v) is 5.26. The second kappa shape index (κ2) is 3.93. The summed E-state index contributed by atoms with van der Waals surface area (Å²) in [5.74, 6) is -1.07. The van der Waals surface area contributed by atoms with Crippen molar-refractivity contribution in [3.63, 3.8) is 0 Å². The Kier molecular flexibility index (Phi) is 2.62. The molecule has 0 fully saturated rings. The monoisotopic (exact) mass is 205 g/mol. The summed E-state index contributed by atoms with van der Waals surface area (Å²) in [6.07, 6.45) is 1.63. The number of carboxylic acids is 1. The third kappa shape index (κ3) is 1.82. The van der Waals surface area contributed by atoms with Crippen molar-refractivity contribution < 1.29 is 9.90 Å². The second-order valence-electron chi connectivity index (χ2n) is 4.00. The minimum atomic E-state index is -0.717. The standard InChI is InChI=1S/C12H15NO2/c1-8-4-2-5-9-10(12(14)15)6-3-7-13-11(8)9/h2,4-5,10,13H,3,6-7H2,1H3,(H,14,15). The number of aliphatic carboxylic acids is 1. The van der Waals surface area contributed by atoms with Gasteiger partial charge in [0.1, 0.15) is 0 Å². The summed E-state index contributed by atoms with van der Waals surface area (Å²) in [5.41, 5.74) is 3.07. The van der Waals surface area contributed by atoms with Crippen LogP contribution < -0.4 is 5.32 Å². The number of nitrogens with one attached hydrogen (secondary N) is 1. The van der Waals surface area contributed by atoms with E-state index in [1.165, 1.54) is 0 Å². The predicted molar refractivity (Wildman–Crippen MR) is 59.3 cm³/mol. The number of anilines is 1. The highest BCUT2D eigenvalue weighted by atomic mass is 16.4. The Bertz CT molecular complexity index is 387. The van der Waals surface area contributed by atoms with E-state index in [2.05, 4.69) is 5.32 Å². The van der Waals surface area contributed by atoms with Gasteiger partial charge in [-0.05, 0) is 30.9 Å². The van der Waals surface area contributed by atoms with Gasteiger partial charge in [0, 0.05) is 12.2 Å². The third-order valence-electron chi connectivity index (χ3n) is 2.95. The Labute approximate surface area is 89.1 Å². The average Bonchev–Trinajstić information content (AvgIpc) is 2.40. The van der Waals surface area contributed by atoms with Gasteiger partial charge in [0.25, 0.3) is 0 Å². The van der Waals surface area contributed by atoms with Crippen LogP contribution in [0.5, 0.6) is 0 Å². The molecule has 2 rings (SSSR count). The zero-order valence-corrected chi connectivity index (χ0v) is 8.79. The molecule has 1 aromatic carbocycles. The molecule has 1 heterocycles. The number of aryl methyl sites for hydroxylation is 1. The van der Waals surface area contributed by atoms with Crippen LogP contribution in [-0.4, -0.2) is 17.6 Å². The zero-order chi connectivity index (χ0) is 10.8. The largest absolute Gasteiger partial charge is 0.481 e. The number of rotatable bonds is 1. The van der Waals surface area contributed by atoms with Crippen molar-refractivity contribution in [2.24, 2.45) is 0 Å². The van der Waals surface area contributed by atoms with Crippen molar-refractivity contribution in [2.75, 3.05) is 11.9 Å². The summed E-state index contributed by atoms with van der Waals surface area (Å²) in [6.45, 7) is 2.87. The summed E-state index contributed by atoms with van der Waals surface area (Å²) in [6, 6.07) is 5.85. The Morgan fingerprint density at radius 1 is 1.53 bits per heavy atom. The highest BCUT2D eigenvalue weighted by Crippen LogP contribution is 2.33. The van der Waals surface area contributed by atoms with E-state index in [4.69, 9.17) is 0 Å². The lowest BCUT2D eigenvalue weighted by molar-refractivity contribution is -0.138. The number of carbonyl (C=O) groups is 1. The molecule has 0 bridgehead atoms. The number of hydrogen-bond acceptors (Lipinski definition) is 2. The molecular formula is C12H15NO2. The van der Waals surface area contributed by atoms with Crippen molar-refractivity contribution in [2.45, 2.75) is 25.7 Å². The van der Waals surface area contributed by atoms with Gasteiger partial charge in [-0.3, -0.25) is 4.79 Å². The molecule has 2 N–H and O–H groups in total. The summed E-state index contributed by atoms with van der Waals surface area (Å²) in [5, 5.41) is 12.5. The fourth-order valence-electron chi connectivity index (χ4n) is 2.15. The summed E-state index contributed by atoms with van der Waals surface area (Å²) >= 11 is 0. The van der Waals surface area contributed by atoms with Gasteiger partial charge in [0.2, 0.25) is 0 Å². The molecule has 0 aliphatic carbocycles. The molecule has 0 spiro atoms. The van der Waals surface area contributed by atoms with E-state index >= 15 is 0 Å². The van der Waals surface area contributed by atoms with Gasteiger partial charge in [-0.25, -0.2) is 0 Å². The quantitative estimate of drug-likeness (QED) is 0.740. The molecule has 0 radical (unpaired) electrons. The summed E-state index contributed by atoms with van der Waals surface area (Å²) in [7, 11) is 0. The maximum atomic E-state index is 11.2. The Balaban J connectivity index is 2.49. The highest BCUT2D eigenvalue weighted by Gasteiger charge is 2.24. The number of carboxylic acid groups (broad SMARTS) is 1. The predicted octanol–water partition coefficient (Wildman–Crippen LogP) is 2.37. The molecule has 1 aromatic rings. The van der Waals surface area contributed by atoms with E-state index < -0.39 is 5.97 Å². The number of benzene rings is 1. The van der Waals surface area contributed by atoms with Crippen molar-refractivity contribution in [1.82, 2.24) is 0 Å². The molecule has 0 saturated heterocycles. The zero-order valence-electron chi connectivity index (χ0n) is 8.79. The Morgan fingerprint density at radius 2 is 2.33 bits per heavy atom. The first-order valence-electron chi connectivity index (χ1n) is 5.26. The minimum absolute atomic E-state index is 0.352. The van der Waals surface area contributed by atoms with E-state index in [1.807, 2.05) is 25.1 Å². The van der Waals surface area contributed by atoms with Crippen molar-refractivity contribution in [3.05, 3.63) is 29.3 Å². The van der Waals surface area contributed by atoms with E-state index in [1.54, 1.807) is 0 Å². The molecule has 0 amide bonds. The van der Waals surface area contributed by atoms with Crippen molar-refractivity contribution >= 4 is 11.7 Å². The summed E-state index contributed by atoms with van der Waals surface area (Å²) in [4.78, 5) is 11.2. The van der Waals surface area contributed by atoms with Crippen LogP contribution in [0.25, 0.3) is 0 Å². The van der Waals surface area contributed by atoms with E-state index in [0.717, 1.165) is 36.2 Å². The molecule has 0 saturated carbocycles. The van der Waals surface area contributed by atoms with Gasteiger partial charge in [-0.2, -0.15) is 0 Å². The Hall–Kier alpha value is -1.51. The molecular weight excluding hydrogens is 190 g/mol. The van der Waals surface area contributed by atoms with Crippen LogP contribution in [0.3, 0.4) is 0 Å². The molecule has 1 unspecified atom stereocenters. The van der Waals surface area contributed by atoms with Gasteiger partial charge in [-0.1, -0.05) is 18.2 Å². The van der Waals surface area contributed by atoms with Crippen molar-refractivity contribution in [1.29, 1.82) is 0 Å². The van der Waals surface area contributed by atoms with Crippen LogP contribution in [0.2, 0.25) is 0 Å². The number of hydrogen-bond donors (Lipinski definition) is 2. The van der Waals surface area contributed by atoms with E-state index in [9.17, 15) is 9.90 Å². The lowest BCUT2D eigenvalue weighted by atomic mass is 9.93. The van der Waals surface area contributed by atoms with Gasteiger partial charge >= 0.3 is 5.97 Å². The van der Waals surface area contributed by atoms with Crippen LogP contribution >= 0.6 is 0 Å². The smallest absolute Gasteiger partial charge is 0.311 e. The number of para-hydroxylation sites is 1. The first kappa shape index (κ1) is 10.0. The minimum Gasteiger partial charge on any atom is -0.481 e. The molecule has 0 aromatic heterocycles. The lowest BCUT2D eigenvalue weighted by Crippen LogP contribution is -2.11. The topological polar surface area (TPSA) is 49.3 Å². The van der Waals surface area contributed by atoms with E-state index in [0.29, 0.717) is 0 Å². The Morgan fingerprint density at radius 3 is 3.07 bits per heavy atom. The maximum Gasteiger partial charge on any atom is 0.311 e. The van der Waals surface area contributed by atoms with Crippen LogP contribution in [0, 0.1) is 6.92 Å². The molecule has 3 heteroatoms. The van der Waals surface area contributed by atoms with Gasteiger partial charge in [0.05, 0.1) is 5.92 Å². The molecule has 1 atom stereocenters. The van der Waals surface area contributed by atoms with Gasteiger partial charge in [0.15, 0.2) is 0 Å². The summed E-state index contributed by atoms with van der Waals surface area (Å²) < 4.78 is 0. The molecule has 80 valence electrons. The fraction of sp³-hybridized carbons (Fsp3) is 0.417. The van der Waals surface area contributed by atoms with Crippen LogP contribution in [0.1, 0.15) is 29.9 Å². The van der Waals surface area contributed by atoms with Crippen LogP contribution in [-0.2, 0) is 4.79 Å². The van der Waals surface area contributed by atoms with Gasteiger partial charge in [-0.15, -0.1) is 0 Å². The molecule has 3 nitrogen and oxygen atoms in total. The van der Waals surface area contributed by atoms with Crippen molar-refractivity contribution in [3.8, 4) is 0 Å². The average molecular weight is 205 g/mol. The lowest BCUT2D eigenvalue weighted by Gasteiger charge is -2.14. The normalized spacial score (nSPS) is 19.9. The van der Waals surface area contributed by atoms with Crippen LogP contribution in [0.15, 0.2) is 18.2 Å². The van der Waals surface area contributed by atoms with Crippen LogP contribution in [0.4, 0.5) is 5.69 Å². The fourth-order valence-corrected chi connectivity index (χ4v) is 2.15. The number of fused-ring (bicyclic) bond motifs is 1. The highest BCUT2D eigenvalue weighted by molar-refractivity contribution is 5.80. The SMILES string of the molecule is Cc1cccc2c1NCCCC2C(=O)O. The maximum absolute atomic E-state index is 11.2. The molecule has 1 aliphatic rings.